The summed E-state index contributed by atoms with van der Waals surface area (Å²) in [6.45, 7) is 9.51. The largest absolute Gasteiger partial charge is 0.396 e. The Morgan fingerprint density at radius 3 is 2.73 bits per heavy atom. The van der Waals surface area contributed by atoms with E-state index < -0.39 is 0 Å². The molecular formula is C32H39Cl2N5O2. The van der Waals surface area contributed by atoms with Gasteiger partial charge in [0.15, 0.2) is 5.96 Å². The van der Waals surface area contributed by atoms with Crippen LogP contribution in [0.5, 0.6) is 0 Å². The number of hydrogen-bond acceptors (Lipinski definition) is 4. The van der Waals surface area contributed by atoms with E-state index in [1.54, 1.807) is 23.0 Å². The summed E-state index contributed by atoms with van der Waals surface area (Å²) in [4.78, 5) is 25.5. The highest BCUT2D eigenvalue weighted by Gasteiger charge is 2.56. The molecule has 0 spiro atoms. The van der Waals surface area contributed by atoms with Gasteiger partial charge >= 0.3 is 0 Å². The zero-order valence-electron chi connectivity index (χ0n) is 24.0. The number of aryl methyl sites for hydroxylation is 2. The number of hydrogen-bond donors (Lipinski definition) is 2. The Hall–Kier alpha value is -2.61. The van der Waals surface area contributed by atoms with E-state index in [9.17, 15) is 9.90 Å². The number of guanidine groups is 1. The van der Waals surface area contributed by atoms with Gasteiger partial charge in [-0.25, -0.2) is 9.98 Å². The van der Waals surface area contributed by atoms with Gasteiger partial charge in [-0.2, -0.15) is 0 Å². The average molecular weight is 597 g/mol. The number of aliphatic imine (C=N–C) groups is 1. The highest BCUT2D eigenvalue weighted by atomic mass is 35.5. The molecule has 1 aliphatic heterocycles. The Kier molecular flexibility index (Phi) is 7.81. The SMILES string of the molecule is C[C@H]1C(N=C(Nc2ccc3c(=O)n(CCc4ccc(Cl)cc4Cl)cnc3c2)N2CC[C@@H](CO)C2)C[C@H]2C[C@H]1C2(C)C. The number of likely N-dealkylation sites (tertiary alicyclic amines) is 1. The minimum atomic E-state index is -0.0799. The smallest absolute Gasteiger partial charge is 0.261 e. The molecule has 218 valence electrons. The third-order valence-electron chi connectivity index (χ3n) is 10.2. The molecule has 4 fully saturated rings. The third kappa shape index (κ3) is 5.49. The molecule has 0 amide bonds. The molecule has 2 bridgehead atoms. The molecule has 9 heteroatoms. The maximum Gasteiger partial charge on any atom is 0.261 e. The molecule has 2 N–H and O–H groups in total. The van der Waals surface area contributed by atoms with E-state index in [4.69, 9.17) is 28.2 Å². The van der Waals surface area contributed by atoms with Crippen molar-refractivity contribution < 1.29 is 5.11 Å². The number of fused-ring (bicyclic) bond motifs is 3. The Labute approximate surface area is 251 Å². The molecule has 1 unspecified atom stereocenters. The summed E-state index contributed by atoms with van der Waals surface area (Å²) in [6.07, 6.45) is 5.60. The fraction of sp³-hybridized carbons (Fsp3) is 0.531. The molecule has 3 aromatic rings. The second kappa shape index (κ2) is 11.2. The van der Waals surface area contributed by atoms with Gasteiger partial charge in [0.25, 0.3) is 5.56 Å². The predicted molar refractivity (Wildman–Crippen MR) is 167 cm³/mol. The first-order valence-corrected chi connectivity index (χ1v) is 15.5. The van der Waals surface area contributed by atoms with Crippen LogP contribution in [0.1, 0.15) is 45.6 Å². The number of benzene rings is 2. The third-order valence-corrected chi connectivity index (χ3v) is 10.8. The molecule has 5 atom stereocenters. The molecule has 0 radical (unpaired) electrons. The number of nitrogens with one attached hydrogen (secondary N) is 1. The molecule has 7 nitrogen and oxygen atoms in total. The summed E-state index contributed by atoms with van der Waals surface area (Å²) in [5, 5.41) is 15.1. The summed E-state index contributed by atoms with van der Waals surface area (Å²) in [7, 11) is 0. The first kappa shape index (κ1) is 28.5. The van der Waals surface area contributed by atoms with Crippen molar-refractivity contribution in [2.75, 3.05) is 25.0 Å². The molecule has 4 aliphatic rings. The lowest BCUT2D eigenvalue weighted by molar-refractivity contribution is -0.108. The van der Waals surface area contributed by atoms with E-state index in [0.29, 0.717) is 51.2 Å². The Balaban J connectivity index is 1.23. The number of rotatable bonds is 6. The zero-order valence-corrected chi connectivity index (χ0v) is 25.5. The molecule has 1 aromatic heterocycles. The van der Waals surface area contributed by atoms with E-state index in [0.717, 1.165) is 49.1 Å². The van der Waals surface area contributed by atoms with Crippen LogP contribution >= 0.6 is 23.2 Å². The van der Waals surface area contributed by atoms with Crippen molar-refractivity contribution in [3.8, 4) is 0 Å². The second-order valence-corrected chi connectivity index (χ2v) is 13.7. The second-order valence-electron chi connectivity index (χ2n) is 12.8. The van der Waals surface area contributed by atoms with Crippen LogP contribution < -0.4 is 10.9 Å². The van der Waals surface area contributed by atoms with Crippen LogP contribution in [0.4, 0.5) is 5.69 Å². The van der Waals surface area contributed by atoms with E-state index in [1.807, 2.05) is 24.3 Å². The molecule has 2 aromatic carbocycles. The van der Waals surface area contributed by atoms with Crippen LogP contribution in [0.25, 0.3) is 10.9 Å². The van der Waals surface area contributed by atoms with Crippen LogP contribution in [0.15, 0.2) is 52.5 Å². The van der Waals surface area contributed by atoms with Crippen LogP contribution in [-0.4, -0.2) is 51.3 Å². The number of aliphatic hydroxyl groups is 1. The van der Waals surface area contributed by atoms with Crippen molar-refractivity contribution in [1.82, 2.24) is 14.5 Å². The first-order valence-electron chi connectivity index (χ1n) is 14.8. The lowest BCUT2D eigenvalue weighted by atomic mass is 9.45. The fourth-order valence-corrected chi connectivity index (χ4v) is 7.81. The van der Waals surface area contributed by atoms with Gasteiger partial charge in [0.05, 0.1) is 23.3 Å². The van der Waals surface area contributed by atoms with E-state index in [2.05, 4.69) is 36.0 Å². The maximum absolute atomic E-state index is 13.3. The van der Waals surface area contributed by atoms with Gasteiger partial charge in [-0.3, -0.25) is 9.36 Å². The Morgan fingerprint density at radius 1 is 1.20 bits per heavy atom. The van der Waals surface area contributed by atoms with E-state index in [1.165, 1.54) is 6.42 Å². The molecular weight excluding hydrogens is 557 g/mol. The van der Waals surface area contributed by atoms with Crippen molar-refractivity contribution >= 4 is 45.8 Å². The maximum atomic E-state index is 13.3. The van der Waals surface area contributed by atoms with Gasteiger partial charge in [-0.15, -0.1) is 0 Å². The summed E-state index contributed by atoms with van der Waals surface area (Å²) >= 11 is 12.3. The molecule has 3 aliphatic carbocycles. The number of nitrogens with zero attached hydrogens (tertiary/aromatic N) is 4. The Morgan fingerprint density at radius 2 is 2.02 bits per heavy atom. The van der Waals surface area contributed by atoms with Gasteiger partial charge in [0.2, 0.25) is 0 Å². The van der Waals surface area contributed by atoms with Gasteiger partial charge < -0.3 is 15.3 Å². The van der Waals surface area contributed by atoms with Crippen LogP contribution in [0.2, 0.25) is 10.0 Å². The summed E-state index contributed by atoms with van der Waals surface area (Å²) < 4.78 is 1.63. The number of anilines is 1. The number of halogens is 2. The highest BCUT2D eigenvalue weighted by Crippen LogP contribution is 2.61. The Bertz CT molecular complexity index is 1540. The van der Waals surface area contributed by atoms with E-state index >= 15 is 0 Å². The minimum Gasteiger partial charge on any atom is -0.396 e. The number of aromatic nitrogens is 2. The van der Waals surface area contributed by atoms with Crippen molar-refractivity contribution in [2.45, 2.75) is 59.0 Å². The number of aliphatic hydroxyl groups excluding tert-OH is 1. The lowest BCUT2D eigenvalue weighted by Crippen LogP contribution is -2.56. The van der Waals surface area contributed by atoms with Crippen molar-refractivity contribution in [3.05, 3.63) is 68.7 Å². The van der Waals surface area contributed by atoms with Crippen LogP contribution in [0, 0.1) is 29.1 Å². The minimum absolute atomic E-state index is 0.0799. The molecule has 3 saturated carbocycles. The van der Waals surface area contributed by atoms with Crippen molar-refractivity contribution in [1.29, 1.82) is 0 Å². The van der Waals surface area contributed by atoms with Crippen molar-refractivity contribution in [3.63, 3.8) is 0 Å². The summed E-state index contributed by atoms with van der Waals surface area (Å²) in [5.41, 5.74) is 2.77. The predicted octanol–water partition coefficient (Wildman–Crippen LogP) is 6.10. The topological polar surface area (TPSA) is 82.8 Å². The lowest BCUT2D eigenvalue weighted by Gasteiger charge is -2.61. The monoisotopic (exact) mass is 595 g/mol. The first-order chi connectivity index (χ1) is 19.6. The fourth-order valence-electron chi connectivity index (χ4n) is 7.31. The van der Waals surface area contributed by atoms with Gasteiger partial charge in [-0.05, 0) is 84.7 Å². The molecule has 2 heterocycles. The van der Waals surface area contributed by atoms with Crippen molar-refractivity contribution in [2.24, 2.45) is 34.1 Å². The van der Waals surface area contributed by atoms with E-state index in [-0.39, 0.29) is 24.1 Å². The van der Waals surface area contributed by atoms with Gasteiger partial charge in [-0.1, -0.05) is 50.0 Å². The highest BCUT2D eigenvalue weighted by molar-refractivity contribution is 6.35. The quantitative estimate of drug-likeness (QED) is 0.266. The standard InChI is InChI=1S/C32H39Cl2N5O2/c1-19-26-12-22(32(26,2)3)13-28(19)37-31(38-10-8-20(16-38)17-40)36-24-6-7-25-29(15-24)35-18-39(30(25)41)11-9-21-4-5-23(33)14-27(21)34/h4-7,14-15,18-20,22,26,28,40H,8-13,16-17H2,1-3H3,(H,36,37)/t19-,20-,22-,26-,28?/m1/s1. The zero-order chi connectivity index (χ0) is 28.9. The molecule has 41 heavy (non-hydrogen) atoms. The molecule has 1 saturated heterocycles. The average Bonchev–Trinajstić information content (AvgIpc) is 3.43. The van der Waals surface area contributed by atoms with Crippen LogP contribution in [-0.2, 0) is 13.0 Å². The van der Waals surface area contributed by atoms with Crippen LogP contribution in [0.3, 0.4) is 0 Å². The molecule has 7 rings (SSSR count). The van der Waals surface area contributed by atoms with Gasteiger partial charge in [0.1, 0.15) is 0 Å². The summed E-state index contributed by atoms with van der Waals surface area (Å²) in [5.74, 6) is 3.09. The van der Waals surface area contributed by atoms with Gasteiger partial charge in [0, 0.05) is 47.9 Å². The normalized spacial score (nSPS) is 27.2. The summed E-state index contributed by atoms with van der Waals surface area (Å²) in [6, 6.07) is 11.4.